The van der Waals surface area contributed by atoms with Gasteiger partial charge in [0.15, 0.2) is 32.9 Å². The molecule has 2 aromatic heterocycles. The van der Waals surface area contributed by atoms with Crippen molar-refractivity contribution in [2.45, 2.75) is 4.90 Å². The second kappa shape index (κ2) is 8.34. The average molecular weight is 473 g/mol. The van der Waals surface area contributed by atoms with E-state index in [2.05, 4.69) is 31.0 Å². The van der Waals surface area contributed by atoms with Gasteiger partial charge in [-0.2, -0.15) is 5.26 Å². The van der Waals surface area contributed by atoms with Crippen LogP contribution in [0.15, 0.2) is 76.4 Å². The fourth-order valence-electron chi connectivity index (χ4n) is 3.22. The smallest absolute Gasteiger partial charge is 0.175 e. The summed E-state index contributed by atoms with van der Waals surface area (Å²) in [5, 5.41) is 16.8. The molecule has 0 saturated carbocycles. The molecule has 0 radical (unpaired) electrons. The number of rotatable bonds is 6. The summed E-state index contributed by atoms with van der Waals surface area (Å²) in [7, 11) is -3.34. The highest BCUT2D eigenvalue weighted by Gasteiger charge is 2.17. The molecule has 0 amide bonds. The Hall–Kier alpha value is -4.69. The fraction of sp³-hybridized carbons (Fsp3) is 0.0435. The number of nitriles is 1. The average Bonchev–Trinajstić information content (AvgIpc) is 3.49. The molecule has 0 aliphatic heterocycles. The van der Waals surface area contributed by atoms with Gasteiger partial charge in [-0.3, -0.25) is 0 Å². The number of benzene rings is 3. The highest BCUT2D eigenvalue weighted by Crippen LogP contribution is 2.39. The number of aromatic nitrogens is 4. The van der Waals surface area contributed by atoms with E-state index >= 15 is 0 Å². The van der Waals surface area contributed by atoms with E-state index in [1.54, 1.807) is 48.5 Å². The monoisotopic (exact) mass is 473 g/mol. The third-order valence-corrected chi connectivity index (χ3v) is 5.99. The van der Waals surface area contributed by atoms with Gasteiger partial charge in [0, 0.05) is 18.4 Å². The predicted octanol–water partition coefficient (Wildman–Crippen LogP) is 4.47. The van der Waals surface area contributed by atoms with Gasteiger partial charge < -0.3 is 14.5 Å². The number of aromatic amines is 1. The molecule has 5 aromatic rings. The molecule has 0 atom stereocenters. The third kappa shape index (κ3) is 4.17. The SMILES string of the molecule is CS(=O)(=O)c1ccc(Oc2cc3[nH]c(-c4cnon4)nc3cc2Oc2ccccc2C#N)cc1. The lowest BCUT2D eigenvalue weighted by atomic mass is 10.2. The summed E-state index contributed by atoms with van der Waals surface area (Å²) >= 11 is 0. The van der Waals surface area contributed by atoms with Crippen LogP contribution in [0.3, 0.4) is 0 Å². The van der Waals surface area contributed by atoms with Crippen LogP contribution in [0, 0.1) is 11.3 Å². The highest BCUT2D eigenvalue weighted by atomic mass is 32.2. The number of hydrogen-bond acceptors (Lipinski definition) is 9. The van der Waals surface area contributed by atoms with Gasteiger partial charge in [0.1, 0.15) is 23.8 Å². The van der Waals surface area contributed by atoms with Crippen LogP contribution in [0.1, 0.15) is 5.56 Å². The number of para-hydroxylation sites is 1. The summed E-state index contributed by atoms with van der Waals surface area (Å²) in [5.41, 5.74) is 1.96. The summed E-state index contributed by atoms with van der Waals surface area (Å²) < 4.78 is 40.2. The van der Waals surface area contributed by atoms with Crippen LogP contribution in [0.25, 0.3) is 22.6 Å². The van der Waals surface area contributed by atoms with Gasteiger partial charge in [-0.1, -0.05) is 17.3 Å². The van der Waals surface area contributed by atoms with E-state index in [9.17, 15) is 13.7 Å². The number of H-pyrrole nitrogens is 1. The molecule has 168 valence electrons. The minimum atomic E-state index is -3.34. The highest BCUT2D eigenvalue weighted by molar-refractivity contribution is 7.90. The minimum Gasteiger partial charge on any atom is -0.453 e. The van der Waals surface area contributed by atoms with Gasteiger partial charge in [0.25, 0.3) is 0 Å². The van der Waals surface area contributed by atoms with E-state index in [4.69, 9.17) is 9.47 Å². The Balaban J connectivity index is 1.58. The van der Waals surface area contributed by atoms with E-state index in [1.807, 2.05) is 0 Å². The van der Waals surface area contributed by atoms with Crippen molar-refractivity contribution in [1.29, 1.82) is 5.26 Å². The van der Waals surface area contributed by atoms with Crippen LogP contribution < -0.4 is 9.47 Å². The molecule has 5 rings (SSSR count). The maximum Gasteiger partial charge on any atom is 0.175 e. The lowest BCUT2D eigenvalue weighted by Crippen LogP contribution is -1.97. The lowest BCUT2D eigenvalue weighted by molar-refractivity contribution is 0.308. The normalized spacial score (nSPS) is 11.3. The molecule has 3 aromatic carbocycles. The number of ether oxygens (including phenoxy) is 2. The fourth-order valence-corrected chi connectivity index (χ4v) is 3.85. The van der Waals surface area contributed by atoms with Crippen LogP contribution >= 0.6 is 0 Å². The molecule has 0 fully saturated rings. The van der Waals surface area contributed by atoms with Crippen LogP contribution in [-0.2, 0) is 9.84 Å². The van der Waals surface area contributed by atoms with E-state index in [1.165, 1.54) is 18.3 Å². The Bertz CT molecular complexity index is 1640. The third-order valence-electron chi connectivity index (χ3n) is 4.86. The molecule has 10 nitrogen and oxygen atoms in total. The van der Waals surface area contributed by atoms with Crippen molar-refractivity contribution in [2.75, 3.05) is 6.26 Å². The second-order valence-electron chi connectivity index (χ2n) is 7.25. The van der Waals surface area contributed by atoms with Gasteiger partial charge >= 0.3 is 0 Å². The Morgan fingerprint density at radius 2 is 1.76 bits per heavy atom. The van der Waals surface area contributed by atoms with Crippen molar-refractivity contribution in [3.05, 3.63) is 72.4 Å². The van der Waals surface area contributed by atoms with Crippen molar-refractivity contribution in [3.8, 4) is 40.6 Å². The zero-order valence-electron chi connectivity index (χ0n) is 17.6. The molecule has 34 heavy (non-hydrogen) atoms. The van der Waals surface area contributed by atoms with Crippen molar-refractivity contribution in [3.63, 3.8) is 0 Å². The largest absolute Gasteiger partial charge is 0.453 e. The molecular weight excluding hydrogens is 458 g/mol. The number of nitrogens with one attached hydrogen (secondary N) is 1. The van der Waals surface area contributed by atoms with Crippen LogP contribution in [-0.4, -0.2) is 35.0 Å². The number of sulfone groups is 1. The summed E-state index contributed by atoms with van der Waals surface area (Å²) in [6.07, 6.45) is 2.56. The number of hydrogen-bond donors (Lipinski definition) is 1. The van der Waals surface area contributed by atoms with Gasteiger partial charge in [-0.25, -0.2) is 18.0 Å². The Morgan fingerprint density at radius 1 is 1.00 bits per heavy atom. The van der Waals surface area contributed by atoms with Crippen LogP contribution in [0.2, 0.25) is 0 Å². The van der Waals surface area contributed by atoms with E-state index in [-0.39, 0.29) is 4.90 Å². The number of fused-ring (bicyclic) bond motifs is 1. The molecule has 0 aliphatic carbocycles. The first kappa shape index (κ1) is 21.2. The summed E-state index contributed by atoms with van der Waals surface area (Å²) in [6.45, 7) is 0. The van der Waals surface area contributed by atoms with Crippen LogP contribution in [0.5, 0.6) is 23.0 Å². The second-order valence-corrected chi connectivity index (χ2v) is 9.27. The summed E-state index contributed by atoms with van der Waals surface area (Å²) in [6, 6.07) is 18.3. The number of imidazole rings is 1. The first-order valence-electron chi connectivity index (χ1n) is 9.87. The molecule has 0 aliphatic rings. The molecule has 0 unspecified atom stereocenters. The molecule has 2 heterocycles. The van der Waals surface area contributed by atoms with Gasteiger partial charge in [-0.15, -0.1) is 0 Å². The zero-order valence-corrected chi connectivity index (χ0v) is 18.4. The standard InChI is InChI=1S/C23H15N5O5S/c1-34(29,30)16-8-6-15(7-9-16)31-21-10-17-18(27-23(26-17)19-13-25-33-28-19)11-22(21)32-20-5-3-2-4-14(20)12-24/h2-11,13H,1H3,(H,26,27). The molecule has 0 bridgehead atoms. The van der Waals surface area contributed by atoms with Crippen molar-refractivity contribution >= 4 is 20.9 Å². The maximum absolute atomic E-state index is 11.8. The number of nitrogens with zero attached hydrogens (tertiary/aromatic N) is 4. The van der Waals surface area contributed by atoms with E-state index in [0.717, 1.165) is 6.26 Å². The maximum atomic E-state index is 11.8. The molecule has 11 heteroatoms. The summed E-state index contributed by atoms with van der Waals surface area (Å²) in [5.74, 6) is 1.80. The predicted molar refractivity (Wildman–Crippen MR) is 120 cm³/mol. The Morgan fingerprint density at radius 3 is 2.47 bits per heavy atom. The van der Waals surface area contributed by atoms with Crippen LogP contribution in [0.4, 0.5) is 0 Å². The quantitative estimate of drug-likeness (QED) is 0.377. The molecule has 0 saturated heterocycles. The minimum absolute atomic E-state index is 0.175. The lowest BCUT2D eigenvalue weighted by Gasteiger charge is -2.13. The Kier molecular flexibility index (Phi) is 5.19. The Labute approximate surface area is 193 Å². The van der Waals surface area contributed by atoms with Crippen molar-refractivity contribution in [1.82, 2.24) is 20.3 Å². The zero-order chi connectivity index (χ0) is 23.7. The van der Waals surface area contributed by atoms with Gasteiger partial charge in [0.05, 0.1) is 21.5 Å². The molecule has 1 N–H and O–H groups in total. The molecule has 0 spiro atoms. The van der Waals surface area contributed by atoms with E-state index in [0.29, 0.717) is 51.1 Å². The summed E-state index contributed by atoms with van der Waals surface area (Å²) in [4.78, 5) is 7.80. The van der Waals surface area contributed by atoms with E-state index < -0.39 is 9.84 Å². The van der Waals surface area contributed by atoms with Crippen molar-refractivity contribution in [2.24, 2.45) is 0 Å². The van der Waals surface area contributed by atoms with Gasteiger partial charge in [-0.05, 0) is 41.6 Å². The first-order chi connectivity index (χ1) is 16.4. The first-order valence-corrected chi connectivity index (χ1v) is 11.8. The topological polar surface area (TPSA) is 144 Å². The van der Waals surface area contributed by atoms with Crippen molar-refractivity contribution < 1.29 is 22.5 Å². The van der Waals surface area contributed by atoms with Gasteiger partial charge in [0.2, 0.25) is 0 Å². The molecular formula is C23H15N5O5S.